The van der Waals surface area contributed by atoms with Crippen LogP contribution >= 0.6 is 23.4 Å². The van der Waals surface area contributed by atoms with Crippen molar-refractivity contribution in [2.45, 2.75) is 24.1 Å². The molecule has 0 amide bonds. The van der Waals surface area contributed by atoms with Crippen LogP contribution in [0.1, 0.15) is 18.1 Å². The number of halogens is 1. The van der Waals surface area contributed by atoms with E-state index in [-0.39, 0.29) is 0 Å². The number of aromatic nitrogens is 2. The van der Waals surface area contributed by atoms with E-state index in [0.717, 1.165) is 27.8 Å². The first-order chi connectivity index (χ1) is 8.70. The average Bonchev–Trinajstić information content (AvgIpc) is 2.38. The Balaban J connectivity index is 2.10. The van der Waals surface area contributed by atoms with Crippen molar-refractivity contribution in [3.63, 3.8) is 0 Å². The van der Waals surface area contributed by atoms with E-state index in [9.17, 15) is 0 Å². The van der Waals surface area contributed by atoms with Gasteiger partial charge in [-0.3, -0.25) is 0 Å². The van der Waals surface area contributed by atoms with Crippen LogP contribution in [0.2, 0.25) is 5.02 Å². The molecule has 0 aliphatic carbocycles. The molecule has 2 N–H and O–H groups in total. The van der Waals surface area contributed by atoms with Gasteiger partial charge in [-0.15, -0.1) is 11.8 Å². The molecule has 0 aliphatic rings. The van der Waals surface area contributed by atoms with Crippen LogP contribution in [0.3, 0.4) is 0 Å². The third-order valence-electron chi connectivity index (χ3n) is 2.58. The van der Waals surface area contributed by atoms with Crippen LogP contribution in [0.5, 0.6) is 0 Å². The van der Waals surface area contributed by atoms with Crippen molar-refractivity contribution >= 4 is 29.2 Å². The summed E-state index contributed by atoms with van der Waals surface area (Å²) >= 11 is 7.52. The molecular weight excluding hydrogens is 266 g/mol. The quantitative estimate of drug-likeness (QED) is 0.687. The van der Waals surface area contributed by atoms with E-state index < -0.39 is 0 Å². The molecule has 2 aromatic rings. The van der Waals surface area contributed by atoms with Crippen molar-refractivity contribution in [1.29, 1.82) is 0 Å². The van der Waals surface area contributed by atoms with Crippen LogP contribution in [-0.4, -0.2) is 9.97 Å². The lowest BCUT2D eigenvalue weighted by molar-refractivity contribution is 0.952. The maximum Gasteiger partial charge on any atom is 0.131 e. The molecule has 0 aliphatic heterocycles. The molecule has 0 bridgehead atoms. The van der Waals surface area contributed by atoms with E-state index in [1.54, 1.807) is 11.8 Å². The summed E-state index contributed by atoms with van der Waals surface area (Å²) < 4.78 is 0. The highest BCUT2D eigenvalue weighted by atomic mass is 35.5. The molecule has 5 heteroatoms. The SMILES string of the molecule is CCc1c(N)ncnc1SCc1ccc(Cl)cc1. The lowest BCUT2D eigenvalue weighted by Crippen LogP contribution is -2.00. The molecule has 3 nitrogen and oxygen atoms in total. The van der Waals surface area contributed by atoms with Crippen LogP contribution in [0, 0.1) is 0 Å². The second-order valence-electron chi connectivity index (χ2n) is 3.81. The Bertz CT molecular complexity index is 528. The van der Waals surface area contributed by atoms with Crippen molar-refractivity contribution in [2.75, 3.05) is 5.73 Å². The third kappa shape index (κ3) is 3.15. The normalized spacial score (nSPS) is 10.6. The number of nitrogens with two attached hydrogens (primary N) is 1. The topological polar surface area (TPSA) is 51.8 Å². The summed E-state index contributed by atoms with van der Waals surface area (Å²) in [5, 5.41) is 1.71. The Morgan fingerprint density at radius 1 is 1.22 bits per heavy atom. The van der Waals surface area contributed by atoms with Gasteiger partial charge in [-0.05, 0) is 24.1 Å². The van der Waals surface area contributed by atoms with Crippen molar-refractivity contribution in [3.05, 3.63) is 46.7 Å². The van der Waals surface area contributed by atoms with Gasteiger partial charge >= 0.3 is 0 Å². The lowest BCUT2D eigenvalue weighted by Gasteiger charge is -2.08. The maximum atomic E-state index is 5.85. The number of nitrogen functional groups attached to an aromatic ring is 1. The van der Waals surface area contributed by atoms with Gasteiger partial charge in [0.15, 0.2) is 0 Å². The first kappa shape index (κ1) is 13.2. The molecule has 0 saturated heterocycles. The highest BCUT2D eigenvalue weighted by Gasteiger charge is 2.07. The van der Waals surface area contributed by atoms with Gasteiger partial charge in [0.05, 0.1) is 0 Å². The number of benzene rings is 1. The molecule has 94 valence electrons. The Morgan fingerprint density at radius 3 is 2.61 bits per heavy atom. The molecule has 0 unspecified atom stereocenters. The van der Waals surface area contributed by atoms with E-state index >= 15 is 0 Å². The Hall–Kier alpha value is -1.26. The molecule has 1 aromatic carbocycles. The van der Waals surface area contributed by atoms with Gasteiger partial charge in [-0.25, -0.2) is 9.97 Å². The largest absolute Gasteiger partial charge is 0.383 e. The highest BCUT2D eigenvalue weighted by molar-refractivity contribution is 7.98. The van der Waals surface area contributed by atoms with Gasteiger partial charge in [0.25, 0.3) is 0 Å². The minimum atomic E-state index is 0.575. The summed E-state index contributed by atoms with van der Waals surface area (Å²) in [6, 6.07) is 7.83. The smallest absolute Gasteiger partial charge is 0.131 e. The number of nitrogens with zero attached hydrogens (tertiary/aromatic N) is 2. The fraction of sp³-hybridized carbons (Fsp3) is 0.231. The number of anilines is 1. The minimum Gasteiger partial charge on any atom is -0.383 e. The van der Waals surface area contributed by atoms with Gasteiger partial charge < -0.3 is 5.73 Å². The zero-order chi connectivity index (χ0) is 13.0. The molecule has 0 saturated carbocycles. The van der Waals surface area contributed by atoms with Gasteiger partial charge in [0.1, 0.15) is 17.2 Å². The number of hydrogen-bond donors (Lipinski definition) is 1. The van der Waals surface area contributed by atoms with E-state index in [1.165, 1.54) is 11.9 Å². The van der Waals surface area contributed by atoms with Crippen molar-refractivity contribution in [3.8, 4) is 0 Å². The van der Waals surface area contributed by atoms with Gasteiger partial charge in [0, 0.05) is 16.3 Å². The second-order valence-corrected chi connectivity index (χ2v) is 5.21. The van der Waals surface area contributed by atoms with E-state index in [0.29, 0.717) is 5.82 Å². The fourth-order valence-corrected chi connectivity index (χ4v) is 2.76. The van der Waals surface area contributed by atoms with Crippen LogP contribution in [-0.2, 0) is 12.2 Å². The summed E-state index contributed by atoms with van der Waals surface area (Å²) in [6.45, 7) is 2.06. The first-order valence-corrected chi connectivity index (χ1v) is 7.03. The number of thioether (sulfide) groups is 1. The monoisotopic (exact) mass is 279 g/mol. The zero-order valence-corrected chi connectivity index (χ0v) is 11.6. The first-order valence-electron chi connectivity index (χ1n) is 5.67. The van der Waals surface area contributed by atoms with Crippen LogP contribution in [0.25, 0.3) is 0 Å². The Morgan fingerprint density at radius 2 is 1.94 bits per heavy atom. The van der Waals surface area contributed by atoms with Gasteiger partial charge in [-0.2, -0.15) is 0 Å². The highest BCUT2D eigenvalue weighted by Crippen LogP contribution is 2.27. The summed E-state index contributed by atoms with van der Waals surface area (Å²) in [4.78, 5) is 8.30. The summed E-state index contributed by atoms with van der Waals surface area (Å²) in [5.74, 6) is 1.42. The molecule has 0 spiro atoms. The standard InChI is InChI=1S/C13H14ClN3S/c1-2-11-12(15)16-8-17-13(11)18-7-9-3-5-10(14)6-4-9/h3-6,8H,2,7H2,1H3,(H2,15,16,17). The van der Waals surface area contributed by atoms with Crippen LogP contribution in [0.15, 0.2) is 35.6 Å². The van der Waals surface area contributed by atoms with E-state index in [2.05, 4.69) is 16.9 Å². The Labute approximate surface area is 116 Å². The minimum absolute atomic E-state index is 0.575. The zero-order valence-electron chi connectivity index (χ0n) is 10.1. The molecule has 2 rings (SSSR count). The molecule has 1 heterocycles. The van der Waals surface area contributed by atoms with Crippen LogP contribution < -0.4 is 5.73 Å². The summed E-state index contributed by atoms with van der Waals surface area (Å²) in [6.07, 6.45) is 2.36. The fourth-order valence-electron chi connectivity index (χ4n) is 1.60. The predicted molar refractivity (Wildman–Crippen MR) is 76.8 cm³/mol. The molecule has 0 atom stereocenters. The van der Waals surface area contributed by atoms with E-state index in [4.69, 9.17) is 17.3 Å². The van der Waals surface area contributed by atoms with Crippen molar-refractivity contribution in [2.24, 2.45) is 0 Å². The van der Waals surface area contributed by atoms with Gasteiger partial charge in [0.2, 0.25) is 0 Å². The van der Waals surface area contributed by atoms with E-state index in [1.807, 2.05) is 24.3 Å². The second kappa shape index (κ2) is 6.07. The molecule has 0 fully saturated rings. The van der Waals surface area contributed by atoms with Crippen molar-refractivity contribution < 1.29 is 0 Å². The number of hydrogen-bond acceptors (Lipinski definition) is 4. The lowest BCUT2D eigenvalue weighted by atomic mass is 10.2. The summed E-state index contributed by atoms with van der Waals surface area (Å²) in [7, 11) is 0. The summed E-state index contributed by atoms with van der Waals surface area (Å²) in [5.41, 5.74) is 8.08. The third-order valence-corrected chi connectivity index (χ3v) is 3.94. The molecule has 1 aromatic heterocycles. The average molecular weight is 280 g/mol. The maximum absolute atomic E-state index is 5.85. The van der Waals surface area contributed by atoms with Crippen LogP contribution in [0.4, 0.5) is 5.82 Å². The number of rotatable bonds is 4. The molecule has 18 heavy (non-hydrogen) atoms. The Kier molecular flexibility index (Phi) is 4.44. The molecule has 0 radical (unpaired) electrons. The molecular formula is C13H14ClN3S. The van der Waals surface area contributed by atoms with Gasteiger partial charge in [-0.1, -0.05) is 30.7 Å². The van der Waals surface area contributed by atoms with Crippen molar-refractivity contribution in [1.82, 2.24) is 9.97 Å². The predicted octanol–water partition coefficient (Wildman–Crippen LogP) is 3.57.